The van der Waals surface area contributed by atoms with Gasteiger partial charge >= 0.3 is 0 Å². The highest BCUT2D eigenvalue weighted by molar-refractivity contribution is 6.04. The molecule has 1 aromatic carbocycles. The molecule has 1 N–H and O–H groups in total. The first-order valence-corrected chi connectivity index (χ1v) is 10.1. The Morgan fingerprint density at radius 3 is 2.32 bits per heavy atom. The summed E-state index contributed by atoms with van der Waals surface area (Å²) in [5, 5.41) is 2.94. The van der Waals surface area contributed by atoms with Crippen LogP contribution in [0, 0.1) is 0 Å². The number of nitrogens with zero attached hydrogens (tertiary/aromatic N) is 4. The van der Waals surface area contributed by atoms with Crippen molar-refractivity contribution in [3.8, 4) is 0 Å². The molecule has 6 heteroatoms. The second-order valence-electron chi connectivity index (χ2n) is 7.58. The van der Waals surface area contributed by atoms with Gasteiger partial charge in [-0.3, -0.25) is 4.79 Å². The zero-order valence-electron chi connectivity index (χ0n) is 17.4. The molecule has 1 aromatic heterocycles. The standard InChI is InChI=1S/C22H31N5O/c1-5-27(17(2)3)20-9-6-18(7-10-20)22(28)24-19-8-11-21(23-16-19)26-14-12-25(4)13-15-26/h6-11,16-17H,5,12-15H2,1-4H3,(H,24,28). The second kappa shape index (κ2) is 9.06. The number of anilines is 3. The van der Waals surface area contributed by atoms with Crippen LogP contribution >= 0.6 is 0 Å². The minimum Gasteiger partial charge on any atom is -0.369 e. The predicted octanol–water partition coefficient (Wildman–Crippen LogP) is 3.32. The van der Waals surface area contributed by atoms with E-state index in [0.717, 1.165) is 44.2 Å². The van der Waals surface area contributed by atoms with Crippen LogP contribution in [0.15, 0.2) is 42.6 Å². The first kappa shape index (κ1) is 20.1. The van der Waals surface area contributed by atoms with Crippen LogP contribution in [0.1, 0.15) is 31.1 Å². The van der Waals surface area contributed by atoms with Crippen molar-refractivity contribution >= 4 is 23.1 Å². The lowest BCUT2D eigenvalue weighted by Crippen LogP contribution is -2.44. The number of nitrogens with one attached hydrogen (secondary N) is 1. The highest BCUT2D eigenvalue weighted by Crippen LogP contribution is 2.19. The summed E-state index contributed by atoms with van der Waals surface area (Å²) in [6.45, 7) is 11.5. The van der Waals surface area contributed by atoms with Crippen LogP contribution in [-0.2, 0) is 0 Å². The molecule has 28 heavy (non-hydrogen) atoms. The van der Waals surface area contributed by atoms with Crippen molar-refractivity contribution in [2.75, 3.05) is 54.9 Å². The van der Waals surface area contributed by atoms with Gasteiger partial charge in [0.15, 0.2) is 0 Å². The molecular weight excluding hydrogens is 350 g/mol. The van der Waals surface area contributed by atoms with Crippen molar-refractivity contribution in [1.29, 1.82) is 0 Å². The predicted molar refractivity (Wildman–Crippen MR) is 116 cm³/mol. The number of piperazine rings is 1. The highest BCUT2D eigenvalue weighted by atomic mass is 16.1. The zero-order valence-corrected chi connectivity index (χ0v) is 17.4. The minimum absolute atomic E-state index is 0.117. The summed E-state index contributed by atoms with van der Waals surface area (Å²) in [6, 6.07) is 12.1. The van der Waals surface area contributed by atoms with Gasteiger partial charge in [-0.15, -0.1) is 0 Å². The molecule has 1 fully saturated rings. The molecule has 2 aromatic rings. The van der Waals surface area contributed by atoms with Crippen LogP contribution in [-0.4, -0.2) is 61.6 Å². The smallest absolute Gasteiger partial charge is 0.255 e. The number of likely N-dealkylation sites (N-methyl/N-ethyl adjacent to an activating group) is 1. The van der Waals surface area contributed by atoms with Gasteiger partial charge in [-0.05, 0) is 64.2 Å². The zero-order chi connectivity index (χ0) is 20.1. The van der Waals surface area contributed by atoms with Crippen molar-refractivity contribution < 1.29 is 4.79 Å². The van der Waals surface area contributed by atoms with E-state index in [1.165, 1.54) is 0 Å². The summed E-state index contributed by atoms with van der Waals surface area (Å²) in [6.07, 6.45) is 1.73. The lowest BCUT2D eigenvalue weighted by molar-refractivity contribution is 0.102. The Balaban J connectivity index is 1.61. The topological polar surface area (TPSA) is 51.7 Å². The van der Waals surface area contributed by atoms with Crippen LogP contribution in [0.5, 0.6) is 0 Å². The maximum absolute atomic E-state index is 12.6. The normalized spacial score (nSPS) is 15.0. The molecule has 0 bridgehead atoms. The Bertz CT molecular complexity index is 765. The van der Waals surface area contributed by atoms with E-state index in [-0.39, 0.29) is 5.91 Å². The van der Waals surface area contributed by atoms with Crippen molar-refractivity contribution in [3.05, 3.63) is 48.2 Å². The number of carbonyl (C=O) groups excluding carboxylic acids is 1. The quantitative estimate of drug-likeness (QED) is 0.832. The van der Waals surface area contributed by atoms with Gasteiger partial charge in [0.05, 0.1) is 11.9 Å². The maximum atomic E-state index is 12.6. The Morgan fingerprint density at radius 2 is 1.79 bits per heavy atom. The Morgan fingerprint density at radius 1 is 1.11 bits per heavy atom. The Labute approximate surface area is 168 Å². The molecule has 0 spiro atoms. The summed E-state index contributed by atoms with van der Waals surface area (Å²) in [7, 11) is 2.14. The number of amides is 1. The first-order chi connectivity index (χ1) is 13.5. The van der Waals surface area contributed by atoms with Crippen LogP contribution in [0.3, 0.4) is 0 Å². The van der Waals surface area contributed by atoms with E-state index < -0.39 is 0 Å². The van der Waals surface area contributed by atoms with E-state index in [2.05, 4.69) is 52.8 Å². The number of hydrogen-bond donors (Lipinski definition) is 1. The van der Waals surface area contributed by atoms with Crippen LogP contribution in [0.25, 0.3) is 0 Å². The van der Waals surface area contributed by atoms with Gasteiger partial charge in [0.25, 0.3) is 5.91 Å². The third-order valence-corrected chi connectivity index (χ3v) is 5.26. The van der Waals surface area contributed by atoms with Gasteiger partial charge in [-0.2, -0.15) is 0 Å². The fraction of sp³-hybridized carbons (Fsp3) is 0.455. The van der Waals surface area contributed by atoms with Crippen molar-refractivity contribution in [2.24, 2.45) is 0 Å². The summed E-state index contributed by atoms with van der Waals surface area (Å²) < 4.78 is 0. The molecule has 1 saturated heterocycles. The summed E-state index contributed by atoms with van der Waals surface area (Å²) in [5.74, 6) is 0.845. The van der Waals surface area contributed by atoms with E-state index in [9.17, 15) is 4.79 Å². The third-order valence-electron chi connectivity index (χ3n) is 5.26. The molecule has 0 aliphatic carbocycles. The fourth-order valence-electron chi connectivity index (χ4n) is 3.54. The third kappa shape index (κ3) is 4.81. The minimum atomic E-state index is -0.117. The monoisotopic (exact) mass is 381 g/mol. The summed E-state index contributed by atoms with van der Waals surface area (Å²) >= 11 is 0. The SMILES string of the molecule is CCN(c1ccc(C(=O)Nc2ccc(N3CCN(C)CC3)nc2)cc1)C(C)C. The molecule has 2 heterocycles. The van der Waals surface area contributed by atoms with Gasteiger partial charge in [-0.25, -0.2) is 4.98 Å². The van der Waals surface area contributed by atoms with Gasteiger partial charge in [-0.1, -0.05) is 0 Å². The van der Waals surface area contributed by atoms with E-state index in [1.54, 1.807) is 6.20 Å². The largest absolute Gasteiger partial charge is 0.369 e. The van der Waals surface area contributed by atoms with Crippen molar-refractivity contribution in [2.45, 2.75) is 26.8 Å². The maximum Gasteiger partial charge on any atom is 0.255 e. The van der Waals surface area contributed by atoms with Gasteiger partial charge < -0.3 is 20.0 Å². The van der Waals surface area contributed by atoms with Crippen LogP contribution in [0.2, 0.25) is 0 Å². The molecule has 3 rings (SSSR count). The Kier molecular flexibility index (Phi) is 6.52. The fourth-order valence-corrected chi connectivity index (χ4v) is 3.54. The number of aromatic nitrogens is 1. The lowest BCUT2D eigenvalue weighted by Gasteiger charge is -2.33. The molecular formula is C22H31N5O. The highest BCUT2D eigenvalue weighted by Gasteiger charge is 2.15. The van der Waals surface area contributed by atoms with Crippen LogP contribution in [0.4, 0.5) is 17.2 Å². The average molecular weight is 382 g/mol. The second-order valence-corrected chi connectivity index (χ2v) is 7.58. The molecule has 1 aliphatic heterocycles. The molecule has 0 atom stereocenters. The van der Waals surface area contributed by atoms with Crippen molar-refractivity contribution in [3.63, 3.8) is 0 Å². The first-order valence-electron chi connectivity index (χ1n) is 10.1. The number of carbonyl (C=O) groups is 1. The Hall–Kier alpha value is -2.60. The molecule has 150 valence electrons. The van der Waals surface area contributed by atoms with E-state index >= 15 is 0 Å². The van der Waals surface area contributed by atoms with Gasteiger partial charge in [0, 0.05) is 50.0 Å². The van der Waals surface area contributed by atoms with Crippen molar-refractivity contribution in [1.82, 2.24) is 9.88 Å². The molecule has 1 aliphatic rings. The van der Waals surface area contributed by atoms with Gasteiger partial charge in [0.1, 0.15) is 5.82 Å². The van der Waals surface area contributed by atoms with E-state index in [0.29, 0.717) is 17.3 Å². The summed E-state index contributed by atoms with van der Waals surface area (Å²) in [4.78, 5) is 24.0. The number of pyridine rings is 1. The summed E-state index contributed by atoms with van der Waals surface area (Å²) in [5.41, 5.74) is 2.49. The lowest BCUT2D eigenvalue weighted by atomic mass is 10.1. The molecule has 0 saturated carbocycles. The molecule has 6 nitrogen and oxygen atoms in total. The van der Waals surface area contributed by atoms with Crippen LogP contribution < -0.4 is 15.1 Å². The number of hydrogen-bond acceptors (Lipinski definition) is 5. The van der Waals surface area contributed by atoms with E-state index in [1.807, 2.05) is 36.4 Å². The van der Waals surface area contributed by atoms with Gasteiger partial charge in [0.2, 0.25) is 0 Å². The average Bonchev–Trinajstić information content (AvgIpc) is 2.70. The number of rotatable bonds is 6. The van der Waals surface area contributed by atoms with E-state index in [4.69, 9.17) is 0 Å². The molecule has 1 amide bonds. The molecule has 0 unspecified atom stereocenters. The molecule has 0 radical (unpaired) electrons. The number of benzene rings is 1.